The van der Waals surface area contributed by atoms with Crippen LogP contribution in [0.2, 0.25) is 5.02 Å². The molecule has 0 fully saturated rings. The van der Waals surface area contributed by atoms with Crippen LogP contribution < -0.4 is 4.74 Å². The summed E-state index contributed by atoms with van der Waals surface area (Å²) < 4.78 is 32.9. The Hall–Kier alpha value is -3.16. The van der Waals surface area contributed by atoms with Crippen LogP contribution >= 0.6 is 11.6 Å². The third-order valence-electron chi connectivity index (χ3n) is 5.21. The van der Waals surface area contributed by atoms with Gasteiger partial charge in [-0.25, -0.2) is 13.4 Å². The lowest BCUT2D eigenvalue weighted by atomic mass is 10.0. The minimum atomic E-state index is -3.63. The molecule has 0 saturated carbocycles. The number of hydrogen-bond acceptors (Lipinski definition) is 5. The second kappa shape index (κ2) is 9.14. The van der Waals surface area contributed by atoms with Gasteiger partial charge < -0.3 is 9.14 Å². The molecule has 32 heavy (non-hydrogen) atoms. The zero-order chi connectivity index (χ0) is 22.7. The van der Waals surface area contributed by atoms with Gasteiger partial charge in [0.25, 0.3) is 0 Å². The number of imidazole rings is 1. The summed E-state index contributed by atoms with van der Waals surface area (Å²) in [6, 6.07) is 14.8. The standard InChI is InChI=1S/C24H21ClN2O4S/c1-31-23-10-6-20(25)14-19(23)16-32(29,30)21-7-4-18(5-8-21)22(28)9-2-17-3-11-24-26-12-13-27(24)15-17/h3-8,10-15H,2,9,16H2,1H3. The van der Waals surface area contributed by atoms with Gasteiger partial charge in [0, 0.05) is 41.2 Å². The van der Waals surface area contributed by atoms with Crippen molar-refractivity contribution in [2.75, 3.05) is 7.11 Å². The highest BCUT2D eigenvalue weighted by atomic mass is 35.5. The van der Waals surface area contributed by atoms with Crippen molar-refractivity contribution in [2.24, 2.45) is 0 Å². The molecule has 0 N–H and O–H groups in total. The monoisotopic (exact) mass is 468 g/mol. The number of carbonyl (C=O) groups is 1. The summed E-state index contributed by atoms with van der Waals surface area (Å²) in [5, 5.41) is 0.434. The molecule has 0 bridgehead atoms. The van der Waals surface area contributed by atoms with Crippen LogP contribution in [0, 0.1) is 0 Å². The van der Waals surface area contributed by atoms with Crippen molar-refractivity contribution in [1.82, 2.24) is 9.38 Å². The molecule has 0 aliphatic rings. The average molecular weight is 469 g/mol. The molecule has 0 saturated heterocycles. The number of nitrogens with zero attached hydrogens (tertiary/aromatic N) is 2. The third kappa shape index (κ3) is 4.84. The lowest BCUT2D eigenvalue weighted by Gasteiger charge is -2.10. The van der Waals surface area contributed by atoms with Gasteiger partial charge in [-0.1, -0.05) is 29.8 Å². The molecule has 0 aliphatic carbocycles. The predicted octanol–water partition coefficient (Wildman–Crippen LogP) is 4.79. The van der Waals surface area contributed by atoms with E-state index in [-0.39, 0.29) is 16.4 Å². The maximum atomic E-state index is 12.9. The molecule has 0 atom stereocenters. The molecule has 0 unspecified atom stereocenters. The smallest absolute Gasteiger partial charge is 0.182 e. The number of aromatic nitrogens is 2. The van der Waals surface area contributed by atoms with E-state index in [4.69, 9.17) is 16.3 Å². The molecular formula is C24H21ClN2O4S. The summed E-state index contributed by atoms with van der Waals surface area (Å²) in [6.45, 7) is 0. The maximum Gasteiger partial charge on any atom is 0.182 e. The number of fused-ring (bicyclic) bond motifs is 1. The van der Waals surface area contributed by atoms with Gasteiger partial charge in [-0.3, -0.25) is 4.79 Å². The first-order valence-corrected chi connectivity index (χ1v) is 12.0. The molecule has 0 spiro atoms. The van der Waals surface area contributed by atoms with Gasteiger partial charge in [0.2, 0.25) is 0 Å². The Morgan fingerprint density at radius 3 is 2.62 bits per heavy atom. The second-order valence-corrected chi connectivity index (χ2v) is 9.82. The van der Waals surface area contributed by atoms with Gasteiger partial charge in [-0.05, 0) is 48.4 Å². The van der Waals surface area contributed by atoms with Crippen LogP contribution in [-0.2, 0) is 22.0 Å². The second-order valence-electron chi connectivity index (χ2n) is 7.39. The lowest BCUT2D eigenvalue weighted by Crippen LogP contribution is -2.07. The highest BCUT2D eigenvalue weighted by molar-refractivity contribution is 7.90. The first-order chi connectivity index (χ1) is 15.4. The number of sulfone groups is 1. The van der Waals surface area contributed by atoms with Gasteiger partial charge in [-0.2, -0.15) is 0 Å². The molecule has 2 aromatic heterocycles. The van der Waals surface area contributed by atoms with E-state index in [1.807, 2.05) is 28.9 Å². The van der Waals surface area contributed by atoms with Crippen LogP contribution in [0.3, 0.4) is 0 Å². The van der Waals surface area contributed by atoms with Crippen LogP contribution in [0.4, 0.5) is 0 Å². The zero-order valence-corrected chi connectivity index (χ0v) is 18.9. The zero-order valence-electron chi connectivity index (χ0n) is 17.4. The molecular weight excluding hydrogens is 448 g/mol. The molecule has 4 rings (SSSR count). The van der Waals surface area contributed by atoms with E-state index in [9.17, 15) is 13.2 Å². The summed E-state index contributed by atoms with van der Waals surface area (Å²) >= 11 is 6.01. The fourth-order valence-electron chi connectivity index (χ4n) is 3.51. The molecule has 0 amide bonds. The van der Waals surface area contributed by atoms with Crippen LogP contribution in [0.5, 0.6) is 5.75 Å². The first-order valence-electron chi connectivity index (χ1n) is 9.96. The molecule has 0 radical (unpaired) electrons. The average Bonchev–Trinajstić information content (AvgIpc) is 3.25. The molecule has 4 aromatic rings. The number of rotatable bonds is 8. The van der Waals surface area contributed by atoms with Gasteiger partial charge in [0.05, 0.1) is 17.8 Å². The third-order valence-corrected chi connectivity index (χ3v) is 7.13. The van der Waals surface area contributed by atoms with E-state index >= 15 is 0 Å². The first kappa shape index (κ1) is 22.0. The number of hydrogen-bond donors (Lipinski definition) is 0. The van der Waals surface area contributed by atoms with Crippen molar-refractivity contribution >= 4 is 32.9 Å². The number of Topliss-reactive ketones (excluding diaryl/α,β-unsaturated/α-hetero) is 1. The number of benzene rings is 2. The molecule has 0 aliphatic heterocycles. The molecule has 8 heteroatoms. The number of ketones is 1. The van der Waals surface area contributed by atoms with Gasteiger partial charge in [0.15, 0.2) is 15.6 Å². The molecule has 6 nitrogen and oxygen atoms in total. The number of halogens is 1. The fraction of sp³-hybridized carbons (Fsp3) is 0.167. The Morgan fingerprint density at radius 1 is 1.09 bits per heavy atom. The Balaban J connectivity index is 1.44. The van der Waals surface area contributed by atoms with Crippen molar-refractivity contribution in [3.05, 3.63) is 94.9 Å². The number of aryl methyl sites for hydroxylation is 1. The van der Waals surface area contributed by atoms with Gasteiger partial charge in [-0.15, -0.1) is 0 Å². The summed E-state index contributed by atoms with van der Waals surface area (Å²) in [6.07, 6.45) is 6.45. The highest BCUT2D eigenvalue weighted by Crippen LogP contribution is 2.27. The number of ether oxygens (including phenoxy) is 1. The number of pyridine rings is 1. The number of methoxy groups -OCH3 is 1. The van der Waals surface area contributed by atoms with E-state index in [1.54, 1.807) is 36.5 Å². The van der Waals surface area contributed by atoms with E-state index < -0.39 is 9.84 Å². The SMILES string of the molecule is COc1ccc(Cl)cc1CS(=O)(=O)c1ccc(C(=O)CCc2ccc3nccn3c2)cc1. The molecule has 2 heterocycles. The van der Waals surface area contributed by atoms with Crippen molar-refractivity contribution in [3.8, 4) is 5.75 Å². The minimum Gasteiger partial charge on any atom is -0.496 e. The van der Waals surface area contributed by atoms with E-state index in [1.165, 1.54) is 19.2 Å². The van der Waals surface area contributed by atoms with Crippen molar-refractivity contribution in [1.29, 1.82) is 0 Å². The van der Waals surface area contributed by atoms with E-state index in [0.717, 1.165) is 11.2 Å². The minimum absolute atomic E-state index is 0.0452. The molecule has 164 valence electrons. The van der Waals surface area contributed by atoms with Crippen LogP contribution in [0.15, 0.2) is 78.1 Å². The summed E-state index contributed by atoms with van der Waals surface area (Å²) in [7, 11) is -2.15. The van der Waals surface area contributed by atoms with Gasteiger partial charge in [0.1, 0.15) is 11.4 Å². The topological polar surface area (TPSA) is 77.7 Å². The van der Waals surface area contributed by atoms with Gasteiger partial charge >= 0.3 is 0 Å². The van der Waals surface area contributed by atoms with Crippen molar-refractivity contribution in [3.63, 3.8) is 0 Å². The Morgan fingerprint density at radius 2 is 1.88 bits per heavy atom. The Bertz CT molecular complexity index is 1380. The summed E-state index contributed by atoms with van der Waals surface area (Å²) in [4.78, 5) is 16.9. The highest BCUT2D eigenvalue weighted by Gasteiger charge is 2.19. The van der Waals surface area contributed by atoms with E-state index in [0.29, 0.717) is 34.7 Å². The maximum absolute atomic E-state index is 12.9. The van der Waals surface area contributed by atoms with Crippen LogP contribution in [0.1, 0.15) is 27.9 Å². The summed E-state index contributed by atoms with van der Waals surface area (Å²) in [5.41, 5.74) is 2.84. The number of carbonyl (C=O) groups excluding carboxylic acids is 1. The fourth-order valence-corrected chi connectivity index (χ4v) is 5.06. The molecule has 2 aromatic carbocycles. The normalized spacial score (nSPS) is 11.6. The van der Waals surface area contributed by atoms with Crippen molar-refractivity contribution < 1.29 is 17.9 Å². The Kier molecular flexibility index (Phi) is 6.30. The Labute approximate surface area is 191 Å². The summed E-state index contributed by atoms with van der Waals surface area (Å²) in [5.74, 6) is 0.163. The van der Waals surface area contributed by atoms with Crippen molar-refractivity contribution in [2.45, 2.75) is 23.5 Å². The quantitative estimate of drug-likeness (QED) is 0.347. The largest absolute Gasteiger partial charge is 0.496 e. The van der Waals surface area contributed by atoms with E-state index in [2.05, 4.69) is 4.98 Å². The lowest BCUT2D eigenvalue weighted by molar-refractivity contribution is 0.0982. The van der Waals surface area contributed by atoms with Crippen LogP contribution in [0.25, 0.3) is 5.65 Å². The van der Waals surface area contributed by atoms with Crippen LogP contribution in [-0.4, -0.2) is 30.7 Å². The predicted molar refractivity (Wildman–Crippen MR) is 123 cm³/mol.